The average Bonchev–Trinajstić information content (AvgIpc) is 3.95. The first-order valence-electron chi connectivity index (χ1n) is 23.1. The first kappa shape index (κ1) is 39.3. The van der Waals surface area contributed by atoms with Crippen LogP contribution in [-0.2, 0) is 0 Å². The maximum Gasteiger partial charge on any atom is 0.181 e. The SMILES string of the molecule is c1ccc(-c2ccc(-c3ccc(N(c4ccccc4)c4ccc(-c5cccc6c5[Si](c5ccccc5)(c5ccccc5)c5ccc7ccc8sc9ccccc9c8c7c5-6)cc4)cc3)cc2)cc1. The van der Waals surface area contributed by atoms with Crippen LogP contribution in [0.5, 0.6) is 0 Å². The summed E-state index contributed by atoms with van der Waals surface area (Å²) in [5, 5.41) is 11.1. The van der Waals surface area contributed by atoms with Crippen molar-refractivity contribution in [3.05, 3.63) is 261 Å². The van der Waals surface area contributed by atoms with Crippen molar-refractivity contribution in [2.24, 2.45) is 0 Å². The summed E-state index contributed by atoms with van der Waals surface area (Å²) >= 11 is 1.90. The zero-order chi connectivity index (χ0) is 44.3. The van der Waals surface area contributed by atoms with Gasteiger partial charge in [0.2, 0.25) is 0 Å². The summed E-state index contributed by atoms with van der Waals surface area (Å²) in [5.41, 5.74) is 13.4. The van der Waals surface area contributed by atoms with E-state index in [0.717, 1.165) is 17.1 Å². The highest BCUT2D eigenvalue weighted by Crippen LogP contribution is 2.45. The zero-order valence-electron chi connectivity index (χ0n) is 36.7. The normalized spacial score (nSPS) is 12.6. The quantitative estimate of drug-likeness (QED) is 0.137. The minimum atomic E-state index is -2.91. The Kier molecular flexibility index (Phi) is 9.45. The molecule has 1 aliphatic heterocycles. The molecule has 1 nitrogen and oxygen atoms in total. The summed E-state index contributed by atoms with van der Waals surface area (Å²) in [5.74, 6) is 0. The number of nitrogens with zero attached hydrogens (tertiary/aromatic N) is 1. The van der Waals surface area contributed by atoms with Gasteiger partial charge in [-0.3, -0.25) is 0 Å². The van der Waals surface area contributed by atoms with Gasteiger partial charge >= 0.3 is 0 Å². The Bertz CT molecular complexity index is 3710. The Morgan fingerprint density at radius 2 is 0.791 bits per heavy atom. The summed E-state index contributed by atoms with van der Waals surface area (Å²) in [7, 11) is -2.91. The highest BCUT2D eigenvalue weighted by atomic mass is 32.1. The van der Waals surface area contributed by atoms with Crippen LogP contribution in [0.4, 0.5) is 17.1 Å². The smallest absolute Gasteiger partial charge is 0.181 e. The van der Waals surface area contributed by atoms with Crippen molar-refractivity contribution in [2.75, 3.05) is 4.90 Å². The standard InChI is InChI=1S/C64H43NSSi/c1-5-16-44(17-6-1)45-28-30-46(31-29-45)47-32-38-51(39-33-47)65(50-18-7-2-8-19-50)52-40-34-48(35-41-52)55-25-15-26-57-63-60(67(64(55)57,53-20-9-3-10-21-53)54-22-11-4-12-23-54)43-37-49-36-42-59-62(61(49)63)56-24-13-14-27-58(56)66-59/h1-43H. The van der Waals surface area contributed by atoms with Crippen molar-refractivity contribution in [3.63, 3.8) is 0 Å². The Morgan fingerprint density at radius 1 is 0.313 bits per heavy atom. The second-order valence-corrected chi connectivity index (χ2v) is 22.3. The van der Waals surface area contributed by atoms with Crippen molar-refractivity contribution in [3.8, 4) is 44.5 Å². The molecule has 0 saturated heterocycles. The molecule has 0 fully saturated rings. The molecule has 13 rings (SSSR count). The average molecular weight is 886 g/mol. The van der Waals surface area contributed by atoms with Gasteiger partial charge in [0.25, 0.3) is 0 Å². The van der Waals surface area contributed by atoms with Crippen LogP contribution in [0.25, 0.3) is 75.5 Å². The van der Waals surface area contributed by atoms with E-state index in [0.29, 0.717) is 0 Å². The van der Waals surface area contributed by atoms with Crippen molar-refractivity contribution in [2.45, 2.75) is 0 Å². The van der Waals surface area contributed by atoms with Crippen LogP contribution in [0, 0.1) is 0 Å². The minimum Gasteiger partial charge on any atom is -0.311 e. The van der Waals surface area contributed by atoms with Crippen LogP contribution >= 0.6 is 11.3 Å². The maximum absolute atomic E-state index is 2.91. The van der Waals surface area contributed by atoms with Gasteiger partial charge in [-0.05, 0) is 125 Å². The van der Waals surface area contributed by atoms with Gasteiger partial charge in [0.1, 0.15) is 0 Å². The second kappa shape index (κ2) is 16.1. The Hall–Kier alpha value is -8.08. The summed E-state index contributed by atoms with van der Waals surface area (Å²) in [4.78, 5) is 2.37. The molecule has 2 heterocycles. The van der Waals surface area contributed by atoms with Crippen LogP contribution in [0.1, 0.15) is 0 Å². The fourth-order valence-electron chi connectivity index (χ4n) is 11.0. The third kappa shape index (κ3) is 6.35. The number of hydrogen-bond donors (Lipinski definition) is 0. The number of thiophene rings is 1. The lowest BCUT2D eigenvalue weighted by Crippen LogP contribution is -2.73. The van der Waals surface area contributed by atoms with Crippen molar-refractivity contribution < 1.29 is 0 Å². The first-order chi connectivity index (χ1) is 33.2. The number of hydrogen-bond acceptors (Lipinski definition) is 2. The van der Waals surface area contributed by atoms with Gasteiger partial charge in [-0.25, -0.2) is 0 Å². The van der Waals surface area contributed by atoms with Gasteiger partial charge in [-0.1, -0.05) is 212 Å². The molecule has 0 amide bonds. The molecule has 0 bridgehead atoms. The monoisotopic (exact) mass is 885 g/mol. The van der Waals surface area contributed by atoms with Crippen LogP contribution in [0.2, 0.25) is 0 Å². The lowest BCUT2D eigenvalue weighted by atomic mass is 9.93. The summed E-state index contributed by atoms with van der Waals surface area (Å²) in [6.07, 6.45) is 0. The number of benzene rings is 11. The third-order valence-electron chi connectivity index (χ3n) is 14.0. The topological polar surface area (TPSA) is 3.24 Å². The van der Waals surface area contributed by atoms with Crippen LogP contribution in [0.15, 0.2) is 261 Å². The lowest BCUT2D eigenvalue weighted by molar-refractivity contribution is 1.28. The largest absolute Gasteiger partial charge is 0.311 e. The molecule has 0 atom stereocenters. The molecule has 3 heteroatoms. The third-order valence-corrected chi connectivity index (χ3v) is 20.0. The molecule has 0 radical (unpaired) electrons. The molecule has 11 aromatic carbocycles. The molecule has 0 N–H and O–H groups in total. The molecule has 314 valence electrons. The summed E-state index contributed by atoms with van der Waals surface area (Å²) in [6, 6.07) is 97.0. The van der Waals surface area contributed by atoms with Crippen molar-refractivity contribution >= 4 is 88.2 Å². The zero-order valence-corrected chi connectivity index (χ0v) is 38.5. The van der Waals surface area contributed by atoms with E-state index in [1.165, 1.54) is 96.2 Å². The van der Waals surface area contributed by atoms with E-state index in [2.05, 4.69) is 266 Å². The first-order valence-corrected chi connectivity index (χ1v) is 25.9. The van der Waals surface area contributed by atoms with E-state index in [4.69, 9.17) is 0 Å². The number of anilines is 3. The van der Waals surface area contributed by atoms with Gasteiger partial charge in [-0.15, -0.1) is 11.3 Å². The molecule has 0 unspecified atom stereocenters. The molecule has 12 aromatic rings. The Balaban J connectivity index is 0.974. The predicted octanol–water partition coefficient (Wildman–Crippen LogP) is 15.0. The van der Waals surface area contributed by atoms with E-state index < -0.39 is 8.07 Å². The van der Waals surface area contributed by atoms with E-state index in [-0.39, 0.29) is 0 Å². The van der Waals surface area contributed by atoms with Gasteiger partial charge in [-0.2, -0.15) is 0 Å². The lowest BCUT2D eigenvalue weighted by Gasteiger charge is -2.33. The second-order valence-electron chi connectivity index (χ2n) is 17.5. The number of fused-ring (bicyclic) bond motifs is 9. The highest BCUT2D eigenvalue weighted by Gasteiger charge is 2.50. The molecule has 1 aliphatic rings. The summed E-state index contributed by atoms with van der Waals surface area (Å²) < 4.78 is 2.67. The molecular formula is C64H43NSSi. The van der Waals surface area contributed by atoms with Gasteiger partial charge in [0.05, 0.1) is 0 Å². The maximum atomic E-state index is 2.49. The fourth-order valence-corrected chi connectivity index (χ4v) is 17.5. The van der Waals surface area contributed by atoms with Crippen LogP contribution in [-0.4, -0.2) is 8.07 Å². The van der Waals surface area contributed by atoms with Crippen molar-refractivity contribution in [1.82, 2.24) is 0 Å². The Morgan fingerprint density at radius 3 is 1.42 bits per heavy atom. The molecule has 1 aromatic heterocycles. The van der Waals surface area contributed by atoms with Gasteiger partial charge < -0.3 is 4.90 Å². The number of rotatable bonds is 8. The highest BCUT2D eigenvalue weighted by molar-refractivity contribution is 7.26. The predicted molar refractivity (Wildman–Crippen MR) is 290 cm³/mol. The summed E-state index contributed by atoms with van der Waals surface area (Å²) in [6.45, 7) is 0. The van der Waals surface area contributed by atoms with Crippen LogP contribution in [0.3, 0.4) is 0 Å². The van der Waals surface area contributed by atoms with E-state index in [1.54, 1.807) is 0 Å². The molecular weight excluding hydrogens is 843 g/mol. The minimum absolute atomic E-state index is 1.11. The van der Waals surface area contributed by atoms with Crippen molar-refractivity contribution in [1.29, 1.82) is 0 Å². The van der Waals surface area contributed by atoms with E-state index in [1.807, 2.05) is 11.3 Å². The van der Waals surface area contributed by atoms with Gasteiger partial charge in [0, 0.05) is 37.2 Å². The van der Waals surface area contributed by atoms with Gasteiger partial charge in [0.15, 0.2) is 8.07 Å². The Labute approximate surface area is 396 Å². The molecule has 0 spiro atoms. The fraction of sp³-hybridized carbons (Fsp3) is 0. The molecule has 0 aliphatic carbocycles. The molecule has 67 heavy (non-hydrogen) atoms. The van der Waals surface area contributed by atoms with E-state index >= 15 is 0 Å². The van der Waals surface area contributed by atoms with E-state index in [9.17, 15) is 0 Å². The van der Waals surface area contributed by atoms with Crippen LogP contribution < -0.4 is 25.6 Å². The number of para-hydroxylation sites is 1. The molecule has 0 saturated carbocycles.